The summed E-state index contributed by atoms with van der Waals surface area (Å²) < 4.78 is 4.87. The van der Waals surface area contributed by atoms with E-state index in [0.717, 1.165) is 22.3 Å². The number of benzene rings is 1. The third-order valence-electron chi connectivity index (χ3n) is 3.95. The predicted octanol–water partition coefficient (Wildman–Crippen LogP) is 3.04. The summed E-state index contributed by atoms with van der Waals surface area (Å²) in [6, 6.07) is 4.00. The molecule has 0 aliphatic carbocycles. The first-order valence-electron chi connectivity index (χ1n) is 7.20. The van der Waals surface area contributed by atoms with Crippen LogP contribution < -0.4 is 0 Å². The Kier molecular flexibility index (Phi) is 4.31. The zero-order valence-electron chi connectivity index (χ0n) is 14.0. The molecule has 1 aromatic carbocycles. The molecule has 120 valence electrons. The number of hydrogen-bond acceptors (Lipinski definition) is 4. The molecule has 0 bridgehead atoms. The molecular weight excluding hydrogens is 282 g/mol. The number of carbonyl (C=O) groups is 1. The van der Waals surface area contributed by atoms with Crippen LogP contribution in [-0.4, -0.2) is 35.5 Å². The number of carbonyl (C=O) groups excluding carboxylic acids is 1. The summed E-state index contributed by atoms with van der Waals surface area (Å²) in [7, 11) is 1.48. The summed E-state index contributed by atoms with van der Waals surface area (Å²) in [6.45, 7) is 9.31. The van der Waals surface area contributed by atoms with Gasteiger partial charge >= 0.3 is 0 Å². The van der Waals surface area contributed by atoms with Crippen LogP contribution in [0.3, 0.4) is 0 Å². The number of nitrogens with zero attached hydrogens (tertiary/aromatic N) is 1. The van der Waals surface area contributed by atoms with Crippen LogP contribution in [0.5, 0.6) is 0 Å². The molecule has 0 atom stereocenters. The van der Waals surface area contributed by atoms with Crippen molar-refractivity contribution in [3.63, 3.8) is 0 Å². The summed E-state index contributed by atoms with van der Waals surface area (Å²) in [5.74, 6) is -0.335. The van der Waals surface area contributed by atoms with Gasteiger partial charge in [0.1, 0.15) is 11.3 Å². The van der Waals surface area contributed by atoms with Gasteiger partial charge in [-0.05, 0) is 51.3 Å². The molecule has 0 spiro atoms. The largest absolute Gasteiger partial charge is 0.509 e. The summed E-state index contributed by atoms with van der Waals surface area (Å²) in [5.41, 5.74) is 3.17. The fourth-order valence-corrected chi connectivity index (χ4v) is 2.98. The lowest BCUT2D eigenvalue weighted by Crippen LogP contribution is -2.43. The Hall–Kier alpha value is -1.85. The molecule has 0 fully saturated rings. The predicted molar refractivity (Wildman–Crippen MR) is 84.1 cm³/mol. The molecule has 1 amide bonds. The molecule has 2 rings (SSSR count). The monoisotopic (exact) mass is 305 g/mol. The second-order valence-electron chi connectivity index (χ2n) is 6.19. The van der Waals surface area contributed by atoms with Crippen molar-refractivity contribution in [1.29, 1.82) is 0 Å². The molecular formula is C17H23NO4. The van der Waals surface area contributed by atoms with E-state index in [4.69, 9.17) is 9.57 Å². The van der Waals surface area contributed by atoms with Crippen LogP contribution in [0.15, 0.2) is 17.9 Å². The Labute approximate surface area is 131 Å². The minimum absolute atomic E-state index is 0.0173. The van der Waals surface area contributed by atoms with Gasteiger partial charge in [0.05, 0.1) is 5.57 Å². The normalized spacial score (nSPS) is 17.5. The number of methoxy groups -OCH3 is 1. The molecule has 1 N–H and O–H groups in total. The van der Waals surface area contributed by atoms with Gasteiger partial charge < -0.3 is 9.84 Å². The zero-order valence-corrected chi connectivity index (χ0v) is 14.0. The van der Waals surface area contributed by atoms with Crippen molar-refractivity contribution < 1.29 is 19.5 Å². The molecule has 1 aliphatic heterocycles. The standard InChI is InChI=1S/C17H23NO4/c1-10-7-11(2)13(12(3)8-10)14-15(19)17(4,5)18(16(14)20)22-9-21-6/h7-8,19H,9H2,1-6H3. The Balaban J connectivity index is 2.56. The number of aryl methyl sites for hydroxylation is 3. The van der Waals surface area contributed by atoms with E-state index in [1.807, 2.05) is 32.9 Å². The van der Waals surface area contributed by atoms with E-state index in [1.165, 1.54) is 12.2 Å². The van der Waals surface area contributed by atoms with E-state index < -0.39 is 5.54 Å². The number of rotatable bonds is 4. The molecule has 1 heterocycles. The first-order valence-corrected chi connectivity index (χ1v) is 7.20. The number of hydrogen-bond donors (Lipinski definition) is 1. The maximum Gasteiger partial charge on any atom is 0.282 e. The van der Waals surface area contributed by atoms with Crippen LogP contribution in [0.25, 0.3) is 5.57 Å². The fourth-order valence-electron chi connectivity index (χ4n) is 2.98. The number of aliphatic hydroxyl groups excluding tert-OH is 1. The van der Waals surface area contributed by atoms with Crippen LogP contribution in [0.2, 0.25) is 0 Å². The Bertz CT molecular complexity index is 623. The van der Waals surface area contributed by atoms with Crippen molar-refractivity contribution in [1.82, 2.24) is 5.06 Å². The minimum Gasteiger partial charge on any atom is -0.509 e. The first kappa shape index (κ1) is 16.5. The maximum absolute atomic E-state index is 12.8. The highest BCUT2D eigenvalue weighted by atomic mass is 16.8. The van der Waals surface area contributed by atoms with Gasteiger partial charge in [-0.25, -0.2) is 9.90 Å². The fraction of sp³-hybridized carbons (Fsp3) is 0.471. The Morgan fingerprint density at radius 1 is 1.18 bits per heavy atom. The number of hydroxylamine groups is 2. The van der Waals surface area contributed by atoms with Gasteiger partial charge in [-0.2, -0.15) is 0 Å². The second kappa shape index (κ2) is 5.74. The molecule has 5 nitrogen and oxygen atoms in total. The first-order chi connectivity index (χ1) is 10.2. The summed E-state index contributed by atoms with van der Waals surface area (Å²) in [5, 5.41) is 11.8. The highest BCUT2D eigenvalue weighted by Crippen LogP contribution is 2.40. The van der Waals surface area contributed by atoms with Gasteiger partial charge in [-0.1, -0.05) is 17.7 Å². The van der Waals surface area contributed by atoms with Crippen molar-refractivity contribution >= 4 is 11.5 Å². The van der Waals surface area contributed by atoms with Crippen molar-refractivity contribution in [3.8, 4) is 0 Å². The van der Waals surface area contributed by atoms with Gasteiger partial charge in [-0.15, -0.1) is 0 Å². The van der Waals surface area contributed by atoms with Crippen LogP contribution in [0, 0.1) is 20.8 Å². The smallest absolute Gasteiger partial charge is 0.282 e. The SMILES string of the molecule is COCON1C(=O)C(c2c(C)cc(C)cc2C)=C(O)C1(C)C. The summed E-state index contributed by atoms with van der Waals surface area (Å²) in [4.78, 5) is 18.1. The Morgan fingerprint density at radius 3 is 2.23 bits per heavy atom. The highest BCUT2D eigenvalue weighted by Gasteiger charge is 2.48. The van der Waals surface area contributed by atoms with E-state index in [9.17, 15) is 9.90 Å². The molecule has 5 heteroatoms. The molecule has 1 aromatic rings. The highest BCUT2D eigenvalue weighted by molar-refractivity contribution is 6.23. The number of ether oxygens (including phenoxy) is 1. The van der Waals surface area contributed by atoms with Gasteiger partial charge in [0, 0.05) is 7.11 Å². The van der Waals surface area contributed by atoms with Gasteiger partial charge in [-0.3, -0.25) is 4.79 Å². The number of amides is 1. The van der Waals surface area contributed by atoms with E-state index in [2.05, 4.69) is 0 Å². The average Bonchev–Trinajstić information content (AvgIpc) is 2.56. The molecule has 0 unspecified atom stereocenters. The lowest BCUT2D eigenvalue weighted by Gasteiger charge is -2.30. The van der Waals surface area contributed by atoms with E-state index in [0.29, 0.717) is 5.57 Å². The summed E-state index contributed by atoms with van der Waals surface area (Å²) >= 11 is 0. The van der Waals surface area contributed by atoms with E-state index in [1.54, 1.807) is 13.8 Å². The quantitative estimate of drug-likeness (QED) is 0.869. The van der Waals surface area contributed by atoms with Gasteiger partial charge in [0.2, 0.25) is 0 Å². The molecule has 0 aromatic heterocycles. The van der Waals surface area contributed by atoms with Crippen molar-refractivity contribution in [2.75, 3.05) is 13.9 Å². The van der Waals surface area contributed by atoms with Crippen LogP contribution in [0.4, 0.5) is 0 Å². The zero-order chi connectivity index (χ0) is 16.7. The summed E-state index contributed by atoms with van der Waals surface area (Å²) in [6.07, 6.45) is 0. The molecule has 0 radical (unpaired) electrons. The molecule has 0 saturated carbocycles. The Morgan fingerprint density at radius 2 is 1.73 bits per heavy atom. The van der Waals surface area contributed by atoms with Gasteiger partial charge in [0.15, 0.2) is 6.79 Å². The maximum atomic E-state index is 12.8. The topological polar surface area (TPSA) is 59.0 Å². The van der Waals surface area contributed by atoms with Crippen molar-refractivity contribution in [2.45, 2.75) is 40.2 Å². The molecule has 1 aliphatic rings. The van der Waals surface area contributed by atoms with E-state index in [-0.39, 0.29) is 18.5 Å². The lowest BCUT2D eigenvalue weighted by molar-refractivity contribution is -0.238. The second-order valence-corrected chi connectivity index (χ2v) is 6.19. The van der Waals surface area contributed by atoms with Crippen molar-refractivity contribution in [3.05, 3.63) is 40.1 Å². The van der Waals surface area contributed by atoms with Crippen LogP contribution in [0.1, 0.15) is 36.1 Å². The third kappa shape index (κ3) is 2.51. The number of aliphatic hydroxyl groups is 1. The van der Waals surface area contributed by atoms with Gasteiger partial charge in [0.25, 0.3) is 5.91 Å². The minimum atomic E-state index is -0.936. The third-order valence-corrected chi connectivity index (χ3v) is 3.95. The molecule has 0 saturated heterocycles. The lowest BCUT2D eigenvalue weighted by atomic mass is 9.91. The average molecular weight is 305 g/mol. The van der Waals surface area contributed by atoms with Crippen molar-refractivity contribution in [2.24, 2.45) is 0 Å². The molecule has 22 heavy (non-hydrogen) atoms. The van der Waals surface area contributed by atoms with Crippen LogP contribution in [-0.2, 0) is 14.4 Å². The van der Waals surface area contributed by atoms with Crippen LogP contribution >= 0.6 is 0 Å². The van der Waals surface area contributed by atoms with E-state index >= 15 is 0 Å².